The van der Waals surface area contributed by atoms with E-state index in [0.29, 0.717) is 18.9 Å². The van der Waals surface area contributed by atoms with Crippen LogP contribution in [0.3, 0.4) is 0 Å². The van der Waals surface area contributed by atoms with E-state index in [4.69, 9.17) is 0 Å². The number of carbonyl (C=O) groups excluding carboxylic acids is 2. The Bertz CT molecular complexity index is 573. The van der Waals surface area contributed by atoms with Crippen LogP contribution in [0.1, 0.15) is 37.7 Å². The second kappa shape index (κ2) is 6.77. The SMILES string of the molecule is O=C(CC1C=CCC1)NCc1ccc(NC(=O)C2CC2)cc1. The van der Waals surface area contributed by atoms with Crippen LogP contribution >= 0.6 is 0 Å². The van der Waals surface area contributed by atoms with Gasteiger partial charge >= 0.3 is 0 Å². The monoisotopic (exact) mass is 298 g/mol. The molecule has 2 aliphatic rings. The first-order valence-corrected chi connectivity index (χ1v) is 8.04. The van der Waals surface area contributed by atoms with Gasteiger partial charge in [0.05, 0.1) is 0 Å². The molecule has 2 N–H and O–H groups in total. The summed E-state index contributed by atoms with van der Waals surface area (Å²) in [5.74, 6) is 0.831. The van der Waals surface area contributed by atoms with Gasteiger partial charge in [0.2, 0.25) is 11.8 Å². The Morgan fingerprint density at radius 1 is 1.09 bits per heavy atom. The Labute approximate surface area is 131 Å². The molecule has 1 fully saturated rings. The predicted octanol–water partition coefficient (Wildman–Crippen LogP) is 3.01. The maximum absolute atomic E-state index is 11.9. The van der Waals surface area contributed by atoms with Crippen molar-refractivity contribution in [2.24, 2.45) is 11.8 Å². The minimum atomic E-state index is 0.0997. The zero-order valence-electron chi connectivity index (χ0n) is 12.7. The average molecular weight is 298 g/mol. The van der Waals surface area contributed by atoms with E-state index in [2.05, 4.69) is 22.8 Å². The van der Waals surface area contributed by atoms with E-state index in [0.717, 1.165) is 36.9 Å². The minimum Gasteiger partial charge on any atom is -0.352 e. The van der Waals surface area contributed by atoms with Gasteiger partial charge < -0.3 is 10.6 Å². The van der Waals surface area contributed by atoms with Crippen LogP contribution < -0.4 is 10.6 Å². The fourth-order valence-electron chi connectivity index (χ4n) is 2.67. The zero-order chi connectivity index (χ0) is 15.4. The van der Waals surface area contributed by atoms with Gasteiger partial charge in [-0.25, -0.2) is 0 Å². The molecule has 0 heterocycles. The normalized spacial score (nSPS) is 19.9. The van der Waals surface area contributed by atoms with Crippen LogP contribution in [0, 0.1) is 11.8 Å². The third-order valence-corrected chi connectivity index (χ3v) is 4.22. The second-order valence-electron chi connectivity index (χ2n) is 6.21. The highest BCUT2D eigenvalue weighted by Gasteiger charge is 2.29. The summed E-state index contributed by atoms with van der Waals surface area (Å²) in [5.41, 5.74) is 1.86. The minimum absolute atomic E-state index is 0.0997. The van der Waals surface area contributed by atoms with Crippen molar-refractivity contribution < 1.29 is 9.59 Å². The van der Waals surface area contributed by atoms with Gasteiger partial charge in [-0.1, -0.05) is 24.3 Å². The molecule has 0 spiro atoms. The molecule has 4 heteroatoms. The lowest BCUT2D eigenvalue weighted by atomic mass is 10.1. The van der Waals surface area contributed by atoms with Crippen molar-refractivity contribution in [1.29, 1.82) is 0 Å². The van der Waals surface area contributed by atoms with E-state index >= 15 is 0 Å². The molecule has 0 aliphatic heterocycles. The fourth-order valence-corrected chi connectivity index (χ4v) is 2.67. The number of allylic oxidation sites excluding steroid dienone is 2. The highest BCUT2D eigenvalue weighted by molar-refractivity contribution is 5.94. The lowest BCUT2D eigenvalue weighted by Crippen LogP contribution is -2.24. The van der Waals surface area contributed by atoms with Crippen LogP contribution in [0.2, 0.25) is 0 Å². The molecule has 116 valence electrons. The van der Waals surface area contributed by atoms with Gasteiger partial charge in [0.15, 0.2) is 0 Å². The molecule has 0 radical (unpaired) electrons. The lowest BCUT2D eigenvalue weighted by molar-refractivity contribution is -0.122. The fraction of sp³-hybridized carbons (Fsp3) is 0.444. The molecule has 3 rings (SSSR count). The van der Waals surface area contributed by atoms with Crippen molar-refractivity contribution in [3.8, 4) is 0 Å². The van der Waals surface area contributed by atoms with Crippen LogP contribution in [0.5, 0.6) is 0 Å². The number of carbonyl (C=O) groups is 2. The molecule has 1 unspecified atom stereocenters. The Morgan fingerprint density at radius 2 is 1.86 bits per heavy atom. The zero-order valence-corrected chi connectivity index (χ0v) is 12.7. The third kappa shape index (κ3) is 4.20. The largest absolute Gasteiger partial charge is 0.352 e. The van der Waals surface area contributed by atoms with Crippen molar-refractivity contribution in [3.63, 3.8) is 0 Å². The van der Waals surface area contributed by atoms with Gasteiger partial charge in [-0.15, -0.1) is 0 Å². The molecular weight excluding hydrogens is 276 g/mol. The molecule has 1 aromatic rings. The summed E-state index contributed by atoms with van der Waals surface area (Å²) in [4.78, 5) is 23.5. The molecule has 0 bridgehead atoms. The summed E-state index contributed by atoms with van der Waals surface area (Å²) in [6.07, 6.45) is 9.04. The van der Waals surface area contributed by atoms with Crippen LogP contribution in [-0.4, -0.2) is 11.8 Å². The Balaban J connectivity index is 1.43. The smallest absolute Gasteiger partial charge is 0.227 e. The van der Waals surface area contributed by atoms with Crippen LogP contribution in [0.4, 0.5) is 5.69 Å². The number of rotatable bonds is 6. The molecule has 0 saturated heterocycles. The number of hydrogen-bond acceptors (Lipinski definition) is 2. The predicted molar refractivity (Wildman–Crippen MR) is 86.1 cm³/mol. The topological polar surface area (TPSA) is 58.2 Å². The summed E-state index contributed by atoms with van der Waals surface area (Å²) >= 11 is 0. The number of benzene rings is 1. The Morgan fingerprint density at radius 3 is 2.50 bits per heavy atom. The first kappa shape index (κ1) is 14.8. The molecule has 1 aromatic carbocycles. The van der Waals surface area contributed by atoms with Crippen molar-refractivity contribution in [2.45, 2.75) is 38.6 Å². The van der Waals surface area contributed by atoms with E-state index in [1.807, 2.05) is 24.3 Å². The Hall–Kier alpha value is -2.10. The van der Waals surface area contributed by atoms with Crippen LogP contribution in [0.25, 0.3) is 0 Å². The van der Waals surface area contributed by atoms with Gasteiger partial charge in [0.1, 0.15) is 0 Å². The summed E-state index contributed by atoms with van der Waals surface area (Å²) < 4.78 is 0. The first-order chi connectivity index (χ1) is 10.7. The second-order valence-corrected chi connectivity index (χ2v) is 6.21. The quantitative estimate of drug-likeness (QED) is 0.793. The van der Waals surface area contributed by atoms with E-state index in [-0.39, 0.29) is 17.7 Å². The molecule has 2 aliphatic carbocycles. The molecule has 4 nitrogen and oxygen atoms in total. The van der Waals surface area contributed by atoms with Crippen molar-refractivity contribution in [2.75, 3.05) is 5.32 Å². The maximum Gasteiger partial charge on any atom is 0.227 e. The molecule has 22 heavy (non-hydrogen) atoms. The standard InChI is InChI=1S/C18H22N2O2/c21-17(11-13-3-1-2-4-13)19-12-14-5-9-16(10-6-14)20-18(22)15-7-8-15/h1,3,5-6,9-10,13,15H,2,4,7-8,11-12H2,(H,19,21)(H,20,22). The molecule has 0 aromatic heterocycles. The molecular formula is C18H22N2O2. The summed E-state index contributed by atoms with van der Waals surface area (Å²) in [6, 6.07) is 7.67. The lowest BCUT2D eigenvalue weighted by Gasteiger charge is -2.09. The molecule has 1 atom stereocenters. The molecule has 1 saturated carbocycles. The van der Waals surface area contributed by atoms with Gasteiger partial charge in [0.25, 0.3) is 0 Å². The molecule has 2 amide bonds. The number of anilines is 1. The van der Waals surface area contributed by atoms with Gasteiger partial charge in [-0.05, 0) is 49.3 Å². The Kier molecular flexibility index (Phi) is 4.56. The third-order valence-electron chi connectivity index (χ3n) is 4.22. The van der Waals surface area contributed by atoms with Crippen LogP contribution in [-0.2, 0) is 16.1 Å². The maximum atomic E-state index is 11.9. The number of amides is 2. The average Bonchev–Trinajstić information content (AvgIpc) is 3.26. The van der Waals surface area contributed by atoms with Gasteiger partial charge in [-0.2, -0.15) is 0 Å². The van der Waals surface area contributed by atoms with E-state index in [1.165, 1.54) is 0 Å². The number of hydrogen-bond donors (Lipinski definition) is 2. The van der Waals surface area contributed by atoms with Gasteiger partial charge in [0, 0.05) is 24.6 Å². The van der Waals surface area contributed by atoms with Crippen molar-refractivity contribution >= 4 is 17.5 Å². The van der Waals surface area contributed by atoms with E-state index in [9.17, 15) is 9.59 Å². The van der Waals surface area contributed by atoms with E-state index < -0.39 is 0 Å². The summed E-state index contributed by atoms with van der Waals surface area (Å²) in [5, 5.41) is 5.86. The number of nitrogens with one attached hydrogen (secondary N) is 2. The van der Waals surface area contributed by atoms with E-state index in [1.54, 1.807) is 0 Å². The summed E-state index contributed by atoms with van der Waals surface area (Å²) in [6.45, 7) is 0.534. The highest BCUT2D eigenvalue weighted by Crippen LogP contribution is 2.30. The van der Waals surface area contributed by atoms with Crippen molar-refractivity contribution in [3.05, 3.63) is 42.0 Å². The van der Waals surface area contributed by atoms with Crippen molar-refractivity contribution in [1.82, 2.24) is 5.32 Å². The first-order valence-electron chi connectivity index (χ1n) is 8.04. The van der Waals surface area contributed by atoms with Gasteiger partial charge in [-0.3, -0.25) is 9.59 Å². The highest BCUT2D eigenvalue weighted by atomic mass is 16.2. The summed E-state index contributed by atoms with van der Waals surface area (Å²) in [7, 11) is 0. The van der Waals surface area contributed by atoms with Crippen LogP contribution in [0.15, 0.2) is 36.4 Å².